The van der Waals surface area contributed by atoms with Gasteiger partial charge in [-0.3, -0.25) is 0 Å². The topological polar surface area (TPSA) is 9.86 Å². The minimum absolute atomic E-state index is 0. The molecular weight excluding hydrogens is 723 g/mol. The first-order valence-electron chi connectivity index (χ1n) is 16.9. The second-order valence-corrected chi connectivity index (χ2v) is 18.5. The summed E-state index contributed by atoms with van der Waals surface area (Å²) in [4.78, 5) is 0. The summed E-state index contributed by atoms with van der Waals surface area (Å²) in [5.74, 6) is 0. The third-order valence-electron chi connectivity index (χ3n) is 9.98. The molecule has 3 aliphatic carbocycles. The number of aryl methyl sites for hydroxylation is 6. The largest absolute Gasteiger partial charge is 1.00 e. The molecule has 0 N–H and O–H groups in total. The van der Waals surface area contributed by atoms with Crippen LogP contribution in [-0.4, -0.2) is 30.7 Å². The third-order valence-corrected chi connectivity index (χ3v) is 16.0. The standard InChI is InChI=1S/C21H24N2.C15H27P.C3H4.2CH3.2ClH.Ru/c1-14-9-16(3)20(17(4)10-14)22-7-8-23(13-22)21-18(5)11-15(2)12-19(21)6;1-2-8-13(7-1)16(14-9-3-4-10-14)15-11-5-6-12-15;1-3-2;;;;;/h7-12H,1-6H3;13-15H,1-12H2;1,3H,2H2;2*1H3;2*1H;/q;;;2*-1;;;/p-2. The van der Waals surface area contributed by atoms with Gasteiger partial charge in [0.25, 0.3) is 0 Å². The summed E-state index contributed by atoms with van der Waals surface area (Å²) in [6, 6.07) is 9.08. The van der Waals surface area contributed by atoms with Gasteiger partial charge in [0.05, 0.1) is 0 Å². The molecule has 3 fully saturated rings. The summed E-state index contributed by atoms with van der Waals surface area (Å²) in [7, 11) is 0.436. The van der Waals surface area contributed by atoms with E-state index in [0.717, 1.165) is 0 Å². The molecule has 0 atom stereocenters. The van der Waals surface area contributed by atoms with Crippen LogP contribution in [0.1, 0.15) is 110 Å². The van der Waals surface area contributed by atoms with E-state index in [9.17, 15) is 0 Å². The van der Waals surface area contributed by atoms with Gasteiger partial charge in [0, 0.05) is 0 Å². The van der Waals surface area contributed by atoms with Gasteiger partial charge >= 0.3 is 170 Å². The van der Waals surface area contributed by atoms with E-state index >= 15 is 0 Å². The number of aromatic nitrogens is 2. The van der Waals surface area contributed by atoms with Gasteiger partial charge in [-0.15, -0.1) is 0 Å². The fraction of sp³-hybridized carbons (Fsp3) is 0.512. The van der Waals surface area contributed by atoms with Crippen molar-refractivity contribution in [3.63, 3.8) is 0 Å². The van der Waals surface area contributed by atoms with Gasteiger partial charge in [0.15, 0.2) is 0 Å². The Hall–Kier alpha value is -1.11. The van der Waals surface area contributed by atoms with Gasteiger partial charge in [0.2, 0.25) is 0 Å². The number of hydrogen-bond acceptors (Lipinski definition) is 0. The molecule has 266 valence electrons. The van der Waals surface area contributed by atoms with Crippen molar-refractivity contribution in [3.05, 3.63) is 102 Å². The molecule has 0 spiro atoms. The van der Waals surface area contributed by atoms with Crippen LogP contribution in [0, 0.1) is 60.4 Å². The summed E-state index contributed by atoms with van der Waals surface area (Å²) >= 11 is -0.107. The monoisotopic (exact) mass is 784 g/mol. The number of rotatable bonds is 6. The molecule has 6 heteroatoms. The molecule has 1 heterocycles. The third kappa shape index (κ3) is 10.5. The predicted molar refractivity (Wildman–Crippen MR) is 200 cm³/mol. The Kier molecular flexibility index (Phi) is 19.2. The molecular formula is C41H61Cl2N2PRu-4. The Morgan fingerprint density at radius 1 is 0.596 bits per heavy atom. The first kappa shape index (κ1) is 43.9. The van der Waals surface area contributed by atoms with Gasteiger partial charge in [0.1, 0.15) is 0 Å². The van der Waals surface area contributed by atoms with Gasteiger partial charge in [-0.25, -0.2) is 0 Å². The van der Waals surface area contributed by atoms with Crippen LogP contribution in [0.25, 0.3) is 11.4 Å². The Labute approximate surface area is 309 Å². The van der Waals surface area contributed by atoms with Crippen molar-refractivity contribution < 1.29 is 41.0 Å². The maximum Gasteiger partial charge on any atom is -0.358 e. The van der Waals surface area contributed by atoms with Crippen molar-refractivity contribution >= 4 is 12.5 Å². The Morgan fingerprint density at radius 2 is 0.894 bits per heavy atom. The van der Waals surface area contributed by atoms with E-state index in [1.807, 2.05) is 6.08 Å². The van der Waals surface area contributed by atoms with Crippen molar-refractivity contribution in [2.75, 3.05) is 0 Å². The molecule has 3 aromatic rings. The second kappa shape index (κ2) is 20.5. The Balaban J connectivity index is 0.000000477. The maximum atomic E-state index is 3.91. The Bertz CT molecular complexity index is 1370. The van der Waals surface area contributed by atoms with Crippen molar-refractivity contribution in [3.8, 4) is 11.4 Å². The maximum absolute atomic E-state index is 3.91. The van der Waals surface area contributed by atoms with E-state index in [4.69, 9.17) is 0 Å². The number of allylic oxidation sites excluding steroid dienone is 1. The molecule has 3 aliphatic rings. The van der Waals surface area contributed by atoms with E-state index in [2.05, 4.69) is 98.5 Å². The average molecular weight is 785 g/mol. The minimum Gasteiger partial charge on any atom is -1.00 e. The zero-order valence-corrected chi connectivity index (χ0v) is 34.6. The molecule has 0 bridgehead atoms. The molecule has 6 rings (SSSR count). The smallest absolute Gasteiger partial charge is 0.358 e. The van der Waals surface area contributed by atoms with E-state index in [1.165, 1.54) is 65.7 Å². The van der Waals surface area contributed by atoms with Crippen LogP contribution >= 0.6 is 7.92 Å². The second-order valence-electron chi connectivity index (χ2n) is 13.5. The fourth-order valence-corrected chi connectivity index (χ4v) is 14.8. The van der Waals surface area contributed by atoms with Crippen LogP contribution in [0.2, 0.25) is 0 Å². The first-order chi connectivity index (χ1) is 20.8. The van der Waals surface area contributed by atoms with Crippen molar-refractivity contribution in [2.45, 2.75) is 136 Å². The number of halogens is 2. The summed E-state index contributed by atoms with van der Waals surface area (Å²) in [5, 5.41) is 0. The quantitative estimate of drug-likeness (QED) is 0.167. The summed E-state index contributed by atoms with van der Waals surface area (Å²) in [5.41, 5.74) is 14.1. The minimum atomic E-state index is -0.107. The summed E-state index contributed by atoms with van der Waals surface area (Å²) in [6.07, 6.45) is 25.4. The fourth-order valence-electron chi connectivity index (χ4n) is 8.50. The SMILES string of the molecule is C1CCC(P(C2CCCC2)C2CCCC2)C1.C=C[CH]=[Ru]=[c]1n(-c2c(C)cc(C)cc2C)ccn1-c1c(C)cc(C)cc1C.[CH3-].[CH3-].[Cl-].[Cl-]. The summed E-state index contributed by atoms with van der Waals surface area (Å²) < 4.78 is 8.29. The molecule has 3 saturated carbocycles. The molecule has 47 heavy (non-hydrogen) atoms. The number of benzene rings is 2. The molecule has 1 aromatic heterocycles. The van der Waals surface area contributed by atoms with Crippen molar-refractivity contribution in [2.24, 2.45) is 0 Å². The first-order valence-corrected chi connectivity index (χ1v) is 20.3. The average Bonchev–Trinajstić information content (AvgIpc) is 3.77. The van der Waals surface area contributed by atoms with E-state index in [1.54, 1.807) is 77.0 Å². The van der Waals surface area contributed by atoms with Gasteiger partial charge in [-0.05, 0) is 55.5 Å². The van der Waals surface area contributed by atoms with Gasteiger partial charge in [-0.2, -0.15) is 0 Å². The molecule has 0 saturated heterocycles. The molecule has 0 radical (unpaired) electrons. The van der Waals surface area contributed by atoms with Crippen molar-refractivity contribution in [1.82, 2.24) is 9.13 Å². The van der Waals surface area contributed by atoms with Crippen LogP contribution in [0.15, 0.2) is 49.3 Å². The van der Waals surface area contributed by atoms with Gasteiger partial charge in [-0.1, -0.05) is 46.4 Å². The van der Waals surface area contributed by atoms with E-state index < -0.39 is 0 Å². The normalized spacial score (nSPS) is 16.4. The molecule has 0 aliphatic heterocycles. The summed E-state index contributed by atoms with van der Waals surface area (Å²) in [6.45, 7) is 17.1. The van der Waals surface area contributed by atoms with Gasteiger partial charge < -0.3 is 39.7 Å². The van der Waals surface area contributed by atoms with Crippen LogP contribution < -0.4 is 24.8 Å². The molecule has 0 amide bonds. The molecule has 0 unspecified atom stereocenters. The van der Waals surface area contributed by atoms with Crippen LogP contribution in [0.4, 0.5) is 0 Å². The van der Waals surface area contributed by atoms with Crippen LogP contribution in [0.5, 0.6) is 0 Å². The molecule has 2 nitrogen and oxygen atoms in total. The van der Waals surface area contributed by atoms with E-state index in [-0.39, 0.29) is 55.9 Å². The van der Waals surface area contributed by atoms with Crippen molar-refractivity contribution in [1.29, 1.82) is 0 Å². The van der Waals surface area contributed by atoms with Crippen LogP contribution in [0.3, 0.4) is 0 Å². The number of hydrogen-bond donors (Lipinski definition) is 0. The van der Waals surface area contributed by atoms with Crippen LogP contribution in [-0.2, 0) is 16.2 Å². The number of imidazole rings is 1. The molecule has 2 aromatic carbocycles. The predicted octanol–water partition coefficient (Wildman–Crippen LogP) is 5.93. The Morgan fingerprint density at radius 3 is 1.17 bits per heavy atom. The zero-order chi connectivity index (χ0) is 30.5. The van der Waals surface area contributed by atoms with E-state index in [0.29, 0.717) is 7.92 Å². The number of nitrogens with zero attached hydrogens (tertiary/aromatic N) is 2. The zero-order valence-electron chi connectivity index (χ0n) is 30.5.